The number of halogens is 2. The molecular weight excluding hydrogens is 269 g/mol. The van der Waals surface area contributed by atoms with E-state index < -0.39 is 0 Å². The fraction of sp³-hybridized carbons (Fsp3) is 0.308. The van der Waals surface area contributed by atoms with Gasteiger partial charge < -0.3 is 10.7 Å². The molecule has 0 amide bonds. The molecule has 1 atom stereocenters. The smallest absolute Gasteiger partial charge is 0.106 e. The quantitative estimate of drug-likeness (QED) is 0.900. The number of aromatic amines is 1. The van der Waals surface area contributed by atoms with Crippen LogP contribution in [-0.4, -0.2) is 16.0 Å². The van der Waals surface area contributed by atoms with Crippen LogP contribution >= 0.6 is 23.2 Å². The summed E-state index contributed by atoms with van der Waals surface area (Å²) in [6, 6.07) is 5.59. The Hall–Kier alpha value is -1.03. The molecule has 0 bridgehead atoms. The van der Waals surface area contributed by atoms with E-state index in [4.69, 9.17) is 28.9 Å². The van der Waals surface area contributed by atoms with Gasteiger partial charge in [-0.25, -0.2) is 4.98 Å². The van der Waals surface area contributed by atoms with Crippen molar-refractivity contribution in [2.45, 2.75) is 25.8 Å². The third-order valence-electron chi connectivity index (χ3n) is 2.69. The molecular formula is C13H15Cl2N3. The Morgan fingerprint density at radius 1 is 1.39 bits per heavy atom. The van der Waals surface area contributed by atoms with Gasteiger partial charge in [0.1, 0.15) is 5.82 Å². The van der Waals surface area contributed by atoms with Crippen molar-refractivity contribution in [2.75, 3.05) is 0 Å². The summed E-state index contributed by atoms with van der Waals surface area (Å²) in [6.07, 6.45) is 3.52. The van der Waals surface area contributed by atoms with Crippen LogP contribution in [0.3, 0.4) is 0 Å². The molecule has 0 aliphatic carbocycles. The number of aryl methyl sites for hydroxylation is 1. The van der Waals surface area contributed by atoms with Crippen LogP contribution in [0.1, 0.15) is 19.2 Å². The third kappa shape index (κ3) is 3.25. The highest BCUT2D eigenvalue weighted by Crippen LogP contribution is 2.29. The number of hydrogen-bond donors (Lipinski definition) is 2. The van der Waals surface area contributed by atoms with Crippen LogP contribution in [0.2, 0.25) is 10.0 Å². The van der Waals surface area contributed by atoms with Crippen LogP contribution in [0.25, 0.3) is 11.3 Å². The fourth-order valence-electron chi connectivity index (χ4n) is 1.70. The second kappa shape index (κ2) is 5.74. The molecule has 1 unspecified atom stereocenters. The maximum Gasteiger partial charge on any atom is 0.106 e. The summed E-state index contributed by atoms with van der Waals surface area (Å²) < 4.78 is 0. The third-order valence-corrected chi connectivity index (χ3v) is 3.23. The average Bonchev–Trinajstić information content (AvgIpc) is 2.75. The van der Waals surface area contributed by atoms with Gasteiger partial charge in [-0.3, -0.25) is 0 Å². The van der Waals surface area contributed by atoms with Crippen molar-refractivity contribution in [3.05, 3.63) is 40.3 Å². The van der Waals surface area contributed by atoms with Crippen molar-refractivity contribution < 1.29 is 0 Å². The average molecular weight is 284 g/mol. The lowest BCUT2D eigenvalue weighted by Gasteiger charge is -2.03. The molecule has 0 aliphatic heterocycles. The van der Waals surface area contributed by atoms with Crippen molar-refractivity contribution in [1.82, 2.24) is 9.97 Å². The SMILES string of the molecule is CC(N)CCc1ncc(-c2ccc(Cl)cc2Cl)[nH]1. The van der Waals surface area contributed by atoms with Gasteiger partial charge in [-0.15, -0.1) is 0 Å². The van der Waals surface area contributed by atoms with Gasteiger partial charge in [-0.05, 0) is 31.5 Å². The van der Waals surface area contributed by atoms with Crippen molar-refractivity contribution in [2.24, 2.45) is 5.73 Å². The van der Waals surface area contributed by atoms with Gasteiger partial charge in [-0.2, -0.15) is 0 Å². The number of rotatable bonds is 4. The number of nitrogens with zero attached hydrogens (tertiary/aromatic N) is 1. The minimum atomic E-state index is 0.178. The Balaban J connectivity index is 2.18. The lowest BCUT2D eigenvalue weighted by molar-refractivity contribution is 0.652. The van der Waals surface area contributed by atoms with Gasteiger partial charge in [0.05, 0.1) is 16.9 Å². The van der Waals surface area contributed by atoms with Crippen molar-refractivity contribution in [3.8, 4) is 11.3 Å². The molecule has 1 heterocycles. The zero-order valence-electron chi connectivity index (χ0n) is 10.1. The fourth-order valence-corrected chi connectivity index (χ4v) is 2.21. The van der Waals surface area contributed by atoms with Crippen molar-refractivity contribution >= 4 is 23.2 Å². The van der Waals surface area contributed by atoms with Gasteiger partial charge in [0.15, 0.2) is 0 Å². The summed E-state index contributed by atoms with van der Waals surface area (Å²) in [5.41, 5.74) is 7.52. The van der Waals surface area contributed by atoms with Gasteiger partial charge in [0, 0.05) is 23.0 Å². The van der Waals surface area contributed by atoms with Gasteiger partial charge in [0.2, 0.25) is 0 Å². The Labute approximate surface area is 116 Å². The van der Waals surface area contributed by atoms with Crippen LogP contribution in [0.4, 0.5) is 0 Å². The standard InChI is InChI=1S/C13H15Cl2N3/c1-8(16)2-5-13-17-7-12(18-13)10-4-3-9(14)6-11(10)15/h3-4,6-8H,2,5,16H2,1H3,(H,17,18). The van der Waals surface area contributed by atoms with Crippen molar-refractivity contribution in [1.29, 1.82) is 0 Å². The number of hydrogen-bond acceptors (Lipinski definition) is 2. The van der Waals surface area contributed by atoms with Crippen LogP contribution in [0.15, 0.2) is 24.4 Å². The molecule has 0 aliphatic rings. The first kappa shape index (κ1) is 13.4. The molecule has 3 nitrogen and oxygen atoms in total. The summed E-state index contributed by atoms with van der Waals surface area (Å²) >= 11 is 12.0. The highest BCUT2D eigenvalue weighted by atomic mass is 35.5. The van der Waals surface area contributed by atoms with Gasteiger partial charge in [-0.1, -0.05) is 23.2 Å². The summed E-state index contributed by atoms with van der Waals surface area (Å²) in [4.78, 5) is 7.58. The first-order valence-electron chi connectivity index (χ1n) is 5.81. The van der Waals surface area contributed by atoms with E-state index in [0.717, 1.165) is 29.9 Å². The molecule has 1 aromatic heterocycles. The van der Waals surface area contributed by atoms with Crippen LogP contribution in [0.5, 0.6) is 0 Å². The second-order valence-corrected chi connectivity index (χ2v) is 5.23. The van der Waals surface area contributed by atoms with Gasteiger partial charge >= 0.3 is 0 Å². The minimum Gasteiger partial charge on any atom is -0.342 e. The Bertz CT molecular complexity index is 535. The topological polar surface area (TPSA) is 54.7 Å². The number of benzene rings is 1. The monoisotopic (exact) mass is 283 g/mol. The molecule has 3 N–H and O–H groups in total. The van der Waals surface area contributed by atoms with Crippen molar-refractivity contribution in [3.63, 3.8) is 0 Å². The molecule has 96 valence electrons. The summed E-state index contributed by atoms with van der Waals surface area (Å²) in [7, 11) is 0. The minimum absolute atomic E-state index is 0.178. The van der Waals surface area contributed by atoms with E-state index in [-0.39, 0.29) is 6.04 Å². The maximum absolute atomic E-state index is 6.15. The number of nitrogens with one attached hydrogen (secondary N) is 1. The Morgan fingerprint density at radius 3 is 2.83 bits per heavy atom. The molecule has 2 aromatic rings. The first-order chi connectivity index (χ1) is 8.56. The molecule has 0 radical (unpaired) electrons. The van der Waals surface area contributed by atoms with E-state index in [1.807, 2.05) is 19.1 Å². The number of imidazole rings is 1. The largest absolute Gasteiger partial charge is 0.342 e. The molecule has 0 saturated carbocycles. The van der Waals surface area contributed by atoms with E-state index in [2.05, 4.69) is 9.97 Å². The van der Waals surface area contributed by atoms with E-state index in [1.165, 1.54) is 0 Å². The second-order valence-electron chi connectivity index (χ2n) is 4.38. The lowest BCUT2D eigenvalue weighted by atomic mass is 10.2. The van der Waals surface area contributed by atoms with Crippen LogP contribution in [0, 0.1) is 0 Å². The molecule has 0 saturated heterocycles. The zero-order chi connectivity index (χ0) is 13.1. The Morgan fingerprint density at radius 2 is 2.17 bits per heavy atom. The lowest BCUT2D eigenvalue weighted by Crippen LogP contribution is -2.15. The molecule has 5 heteroatoms. The van der Waals surface area contributed by atoms with E-state index in [1.54, 1.807) is 12.3 Å². The highest BCUT2D eigenvalue weighted by Gasteiger charge is 2.08. The molecule has 18 heavy (non-hydrogen) atoms. The summed E-state index contributed by atoms with van der Waals surface area (Å²) in [5, 5.41) is 1.24. The molecule has 2 rings (SSSR count). The Kier molecular flexibility index (Phi) is 4.27. The normalized spacial score (nSPS) is 12.7. The predicted octanol–water partition coefficient (Wildman–Crippen LogP) is 3.66. The zero-order valence-corrected chi connectivity index (χ0v) is 11.6. The number of H-pyrrole nitrogens is 1. The maximum atomic E-state index is 6.15. The van der Waals surface area contributed by atoms with E-state index in [9.17, 15) is 0 Å². The first-order valence-corrected chi connectivity index (χ1v) is 6.56. The highest BCUT2D eigenvalue weighted by molar-refractivity contribution is 6.36. The number of aromatic nitrogens is 2. The molecule has 0 fully saturated rings. The molecule has 1 aromatic carbocycles. The predicted molar refractivity (Wildman–Crippen MR) is 76.0 cm³/mol. The number of nitrogens with two attached hydrogens (primary N) is 1. The van der Waals surface area contributed by atoms with E-state index >= 15 is 0 Å². The molecule has 0 spiro atoms. The van der Waals surface area contributed by atoms with Gasteiger partial charge in [0.25, 0.3) is 0 Å². The van der Waals surface area contributed by atoms with Crippen LogP contribution in [-0.2, 0) is 6.42 Å². The summed E-state index contributed by atoms with van der Waals surface area (Å²) in [5.74, 6) is 0.924. The van der Waals surface area contributed by atoms with E-state index in [0.29, 0.717) is 10.0 Å². The van der Waals surface area contributed by atoms with Crippen LogP contribution < -0.4 is 5.73 Å². The summed E-state index contributed by atoms with van der Waals surface area (Å²) in [6.45, 7) is 1.99.